The number of nitrogens with zero attached hydrogens (tertiary/aromatic N) is 4. The predicted molar refractivity (Wildman–Crippen MR) is 107 cm³/mol. The van der Waals surface area contributed by atoms with Crippen LogP contribution in [0, 0.1) is 5.82 Å². The molecule has 1 fully saturated rings. The molecule has 1 aromatic carbocycles. The van der Waals surface area contributed by atoms with Crippen LogP contribution < -0.4 is 10.4 Å². The molecule has 0 bridgehead atoms. The summed E-state index contributed by atoms with van der Waals surface area (Å²) < 4.78 is 48.0. The van der Waals surface area contributed by atoms with Gasteiger partial charge < -0.3 is 4.74 Å². The van der Waals surface area contributed by atoms with Crippen molar-refractivity contribution in [1.82, 2.24) is 18.5 Å². The minimum atomic E-state index is -3.65. The maximum atomic E-state index is 12.9. The highest BCUT2D eigenvalue weighted by Gasteiger charge is 2.27. The predicted octanol–water partition coefficient (Wildman–Crippen LogP) is 1.45. The number of sulfonamides is 1. The van der Waals surface area contributed by atoms with E-state index in [9.17, 15) is 17.6 Å². The van der Waals surface area contributed by atoms with Crippen LogP contribution in [-0.4, -0.2) is 58.1 Å². The number of aromatic nitrogens is 3. The van der Waals surface area contributed by atoms with Gasteiger partial charge in [0.15, 0.2) is 5.65 Å². The van der Waals surface area contributed by atoms with E-state index in [1.807, 2.05) is 0 Å². The van der Waals surface area contributed by atoms with Crippen LogP contribution in [-0.2, 0) is 16.6 Å². The quantitative estimate of drug-likeness (QED) is 0.579. The zero-order valence-electron chi connectivity index (χ0n) is 15.4. The van der Waals surface area contributed by atoms with Gasteiger partial charge in [-0.05, 0) is 36.4 Å². The van der Waals surface area contributed by atoms with Gasteiger partial charge in [0.05, 0.1) is 11.4 Å². The molecular weight excluding hydrogens is 419 g/mol. The van der Waals surface area contributed by atoms with E-state index in [2.05, 4.69) is 5.10 Å². The maximum Gasteiger partial charge on any atom is 0.350 e. The van der Waals surface area contributed by atoms with E-state index in [0.717, 1.165) is 11.5 Å². The molecule has 4 rings (SSSR count). The van der Waals surface area contributed by atoms with Gasteiger partial charge in [-0.15, -0.1) is 5.10 Å². The average Bonchev–Trinajstić information content (AvgIpc) is 3.05. The second kappa shape index (κ2) is 8.17. The number of halogens is 1. The van der Waals surface area contributed by atoms with Gasteiger partial charge in [-0.1, -0.05) is 0 Å². The highest BCUT2D eigenvalue weighted by Crippen LogP contribution is 2.20. The van der Waals surface area contributed by atoms with Crippen molar-refractivity contribution in [2.75, 3.05) is 31.2 Å². The number of pyridine rings is 1. The van der Waals surface area contributed by atoms with E-state index in [1.165, 1.54) is 56.0 Å². The molecule has 1 aliphatic heterocycles. The zero-order chi connectivity index (χ0) is 20.4. The summed E-state index contributed by atoms with van der Waals surface area (Å²) in [6, 6.07) is 8.56. The van der Waals surface area contributed by atoms with E-state index in [0.29, 0.717) is 24.5 Å². The Morgan fingerprint density at radius 2 is 1.83 bits per heavy atom. The van der Waals surface area contributed by atoms with Crippen molar-refractivity contribution < 1.29 is 17.5 Å². The van der Waals surface area contributed by atoms with E-state index < -0.39 is 15.7 Å². The van der Waals surface area contributed by atoms with Crippen molar-refractivity contribution in [3.05, 3.63) is 58.9 Å². The molecule has 1 saturated heterocycles. The Labute approximate surface area is 170 Å². The van der Waals surface area contributed by atoms with Crippen LogP contribution in [0.1, 0.15) is 0 Å². The Hall–Kier alpha value is -2.37. The standard InChI is InChI=1S/C18H19FN4O4S2/c19-14-1-3-15(4-2-14)27-10-7-23-18(24)22-13-16(5-6-17(22)20-23)29(25,26)21-8-11-28-12-9-21/h1-6,13H,7-12H2. The van der Waals surface area contributed by atoms with Crippen LogP contribution in [0.3, 0.4) is 0 Å². The summed E-state index contributed by atoms with van der Waals surface area (Å²) >= 11 is 1.72. The number of hydrogen-bond acceptors (Lipinski definition) is 6. The minimum absolute atomic E-state index is 0.0705. The van der Waals surface area contributed by atoms with E-state index in [1.54, 1.807) is 11.8 Å². The number of benzene rings is 1. The second-order valence-corrected chi connectivity index (χ2v) is 9.58. The molecule has 0 radical (unpaired) electrons. The summed E-state index contributed by atoms with van der Waals surface area (Å²) in [5.41, 5.74) is -0.0983. The molecule has 154 valence electrons. The first-order valence-corrected chi connectivity index (χ1v) is 11.6. The molecule has 8 nitrogen and oxygen atoms in total. The number of rotatable bonds is 6. The molecule has 11 heteroatoms. The topological polar surface area (TPSA) is 85.9 Å². The average molecular weight is 439 g/mol. The molecule has 1 aliphatic rings. The smallest absolute Gasteiger partial charge is 0.350 e. The summed E-state index contributed by atoms with van der Waals surface area (Å²) in [5, 5.41) is 4.21. The molecule has 0 atom stereocenters. The third-order valence-electron chi connectivity index (χ3n) is 4.54. The second-order valence-electron chi connectivity index (χ2n) is 6.42. The molecule has 0 saturated carbocycles. The van der Waals surface area contributed by atoms with Gasteiger partial charge >= 0.3 is 5.69 Å². The Balaban J connectivity index is 1.53. The van der Waals surface area contributed by atoms with Crippen molar-refractivity contribution >= 4 is 27.4 Å². The third-order valence-corrected chi connectivity index (χ3v) is 7.37. The van der Waals surface area contributed by atoms with Crippen molar-refractivity contribution in [1.29, 1.82) is 0 Å². The molecule has 0 spiro atoms. The zero-order valence-corrected chi connectivity index (χ0v) is 17.0. The molecule has 2 aromatic heterocycles. The first kappa shape index (κ1) is 19.9. The highest BCUT2D eigenvalue weighted by atomic mass is 32.2. The van der Waals surface area contributed by atoms with Crippen molar-refractivity contribution in [2.45, 2.75) is 11.4 Å². The number of ether oxygens (including phenoxy) is 1. The van der Waals surface area contributed by atoms with Gasteiger partial charge in [-0.2, -0.15) is 16.1 Å². The van der Waals surface area contributed by atoms with Crippen molar-refractivity contribution in [3.8, 4) is 5.75 Å². The maximum absolute atomic E-state index is 12.9. The van der Waals surface area contributed by atoms with Crippen LogP contribution in [0.25, 0.3) is 5.65 Å². The minimum Gasteiger partial charge on any atom is -0.492 e. The molecule has 3 heterocycles. The van der Waals surface area contributed by atoms with Crippen LogP contribution in [0.15, 0.2) is 52.3 Å². The van der Waals surface area contributed by atoms with Gasteiger partial charge in [0.2, 0.25) is 10.0 Å². The van der Waals surface area contributed by atoms with Gasteiger partial charge in [0.25, 0.3) is 0 Å². The van der Waals surface area contributed by atoms with E-state index in [4.69, 9.17) is 4.74 Å². The SMILES string of the molecule is O=c1n(CCOc2ccc(F)cc2)nc2ccc(S(=O)(=O)N3CCSCC3)cn12. The lowest BCUT2D eigenvalue weighted by Gasteiger charge is -2.25. The fraction of sp³-hybridized carbons (Fsp3) is 0.333. The summed E-state index contributed by atoms with van der Waals surface area (Å²) in [7, 11) is -3.65. The summed E-state index contributed by atoms with van der Waals surface area (Å²) in [5.74, 6) is 1.64. The number of thioether (sulfide) groups is 1. The van der Waals surface area contributed by atoms with E-state index >= 15 is 0 Å². The molecule has 0 unspecified atom stereocenters. The summed E-state index contributed by atoms with van der Waals surface area (Å²) in [6.07, 6.45) is 1.32. The van der Waals surface area contributed by atoms with Gasteiger partial charge in [0, 0.05) is 30.8 Å². The molecule has 0 amide bonds. The monoisotopic (exact) mass is 438 g/mol. The largest absolute Gasteiger partial charge is 0.492 e. The molecule has 3 aromatic rings. The summed E-state index contributed by atoms with van der Waals surface area (Å²) in [6.45, 7) is 1.25. The molecule has 29 heavy (non-hydrogen) atoms. The first-order chi connectivity index (χ1) is 13.9. The normalized spacial score (nSPS) is 15.6. The Bertz CT molecular complexity index is 1170. The molecular formula is C18H19FN4O4S2. The highest BCUT2D eigenvalue weighted by molar-refractivity contribution is 7.99. The molecule has 0 N–H and O–H groups in total. The first-order valence-electron chi connectivity index (χ1n) is 9.01. The van der Waals surface area contributed by atoms with Gasteiger partial charge in [0.1, 0.15) is 18.2 Å². The Morgan fingerprint density at radius 3 is 2.55 bits per heavy atom. The van der Waals surface area contributed by atoms with Crippen LogP contribution in [0.2, 0.25) is 0 Å². The lowest BCUT2D eigenvalue weighted by atomic mass is 10.3. The van der Waals surface area contributed by atoms with Crippen LogP contribution in [0.5, 0.6) is 5.75 Å². The lowest BCUT2D eigenvalue weighted by molar-refractivity contribution is 0.288. The molecule has 0 aliphatic carbocycles. The van der Waals surface area contributed by atoms with Crippen molar-refractivity contribution in [3.63, 3.8) is 0 Å². The third kappa shape index (κ3) is 4.16. The van der Waals surface area contributed by atoms with Gasteiger partial charge in [-0.3, -0.25) is 0 Å². The van der Waals surface area contributed by atoms with Crippen LogP contribution in [0.4, 0.5) is 4.39 Å². The summed E-state index contributed by atoms with van der Waals surface area (Å²) in [4.78, 5) is 12.7. The number of hydrogen-bond donors (Lipinski definition) is 0. The fourth-order valence-corrected chi connectivity index (χ4v) is 5.59. The van der Waals surface area contributed by atoms with Gasteiger partial charge in [-0.25, -0.2) is 26.7 Å². The fourth-order valence-electron chi connectivity index (χ4n) is 3.01. The Morgan fingerprint density at radius 1 is 1.10 bits per heavy atom. The lowest BCUT2D eigenvalue weighted by Crippen LogP contribution is -2.38. The Kier molecular flexibility index (Phi) is 5.61. The number of fused-ring (bicyclic) bond motifs is 1. The van der Waals surface area contributed by atoms with E-state index in [-0.39, 0.29) is 23.9 Å². The van der Waals surface area contributed by atoms with Crippen molar-refractivity contribution in [2.24, 2.45) is 0 Å². The van der Waals surface area contributed by atoms with Crippen LogP contribution >= 0.6 is 11.8 Å².